The highest BCUT2D eigenvalue weighted by Gasteiger charge is 2.33. The highest BCUT2D eigenvalue weighted by Crippen LogP contribution is 2.28. The third-order valence-electron chi connectivity index (χ3n) is 6.03. The van der Waals surface area contributed by atoms with E-state index in [1.165, 1.54) is 17.0 Å². The van der Waals surface area contributed by atoms with Gasteiger partial charge in [0.05, 0.1) is 35.1 Å². The second-order valence-corrected chi connectivity index (χ2v) is 8.96. The van der Waals surface area contributed by atoms with Gasteiger partial charge in [0.2, 0.25) is 0 Å². The van der Waals surface area contributed by atoms with Crippen LogP contribution in [0.3, 0.4) is 0 Å². The number of nitrogens with zero attached hydrogens (tertiary/aromatic N) is 2. The third kappa shape index (κ3) is 4.79. The van der Waals surface area contributed by atoms with E-state index in [1.807, 2.05) is 6.92 Å². The van der Waals surface area contributed by atoms with Gasteiger partial charge < -0.3 is 25.7 Å². The second-order valence-electron chi connectivity index (χ2n) is 8.58. The largest absolute Gasteiger partial charge is 0.491 e. The number of ether oxygens (including phenoxy) is 1. The molecule has 1 amide bonds. The molecule has 0 radical (unpaired) electrons. The summed E-state index contributed by atoms with van der Waals surface area (Å²) in [5, 5.41) is 15.1. The normalized spacial score (nSPS) is 27.7. The molecule has 0 spiro atoms. The quantitative estimate of drug-likeness (QED) is 0.619. The van der Waals surface area contributed by atoms with Crippen molar-refractivity contribution in [2.45, 2.75) is 45.4 Å². The smallest absolute Gasteiger partial charge is 0.258 e. The van der Waals surface area contributed by atoms with Crippen molar-refractivity contribution < 1.29 is 18.3 Å². The van der Waals surface area contributed by atoms with Crippen LogP contribution in [0.25, 0.3) is 0 Å². The van der Waals surface area contributed by atoms with Crippen LogP contribution in [0.1, 0.15) is 37.6 Å². The Morgan fingerprint density at radius 1 is 1.36 bits per heavy atom. The van der Waals surface area contributed by atoms with Crippen LogP contribution < -0.4 is 15.4 Å². The summed E-state index contributed by atoms with van der Waals surface area (Å²) in [5.41, 5.74) is 2.40. The summed E-state index contributed by atoms with van der Waals surface area (Å²) >= 11 is 6.18. The number of allylic oxidation sites excluding steroid dienone is 2. The maximum absolute atomic E-state index is 13.9. The summed E-state index contributed by atoms with van der Waals surface area (Å²) in [6.07, 6.45) is -0.674. The Morgan fingerprint density at radius 2 is 2.12 bits per heavy atom. The first kappa shape index (κ1) is 23.4. The van der Waals surface area contributed by atoms with Crippen LogP contribution in [0.5, 0.6) is 5.75 Å². The lowest BCUT2D eigenvalue weighted by Gasteiger charge is -2.20. The number of carbonyl (C=O) groups excluding carboxylic acids is 1. The summed E-state index contributed by atoms with van der Waals surface area (Å²) in [6.45, 7) is 5.73. The molecule has 176 valence electrons. The molecule has 1 aromatic carbocycles. The number of hydrogen-bond acceptors (Lipinski definition) is 6. The van der Waals surface area contributed by atoms with Gasteiger partial charge in [-0.3, -0.25) is 4.79 Å². The van der Waals surface area contributed by atoms with Gasteiger partial charge in [-0.25, -0.2) is 13.8 Å². The summed E-state index contributed by atoms with van der Waals surface area (Å²) < 4.78 is 33.5. The van der Waals surface area contributed by atoms with Crippen LogP contribution in [-0.2, 0) is 0 Å². The van der Waals surface area contributed by atoms with Crippen LogP contribution in [-0.4, -0.2) is 60.2 Å². The van der Waals surface area contributed by atoms with Crippen molar-refractivity contribution in [2.75, 3.05) is 19.7 Å². The molecule has 0 aliphatic carbocycles. The maximum Gasteiger partial charge on any atom is 0.258 e. The topological polar surface area (TPSA) is 89.8 Å². The van der Waals surface area contributed by atoms with Gasteiger partial charge in [-0.15, -0.1) is 0 Å². The fraction of sp³-hybridized carbons (Fsp3) is 0.435. The fourth-order valence-corrected chi connectivity index (χ4v) is 4.26. The second kappa shape index (κ2) is 9.23. The van der Waals surface area contributed by atoms with Gasteiger partial charge in [0.15, 0.2) is 0 Å². The van der Waals surface area contributed by atoms with E-state index in [2.05, 4.69) is 15.6 Å². The van der Waals surface area contributed by atoms with E-state index in [0.29, 0.717) is 28.6 Å². The number of aliphatic imine (C=N–C) groups is 1. The van der Waals surface area contributed by atoms with Crippen molar-refractivity contribution in [3.63, 3.8) is 0 Å². The average Bonchev–Trinajstić information content (AvgIpc) is 3.31. The molecule has 2 fully saturated rings. The van der Waals surface area contributed by atoms with Crippen molar-refractivity contribution in [3.8, 4) is 5.75 Å². The van der Waals surface area contributed by atoms with Gasteiger partial charge in [-0.05, 0) is 39.3 Å². The SMILES string of the molecule is CC1=N/C(=C2\CN(C(=O)c3ccc(F)cc3OCC3CC(F)C(C)N3)CC2=N)NC(C)=C1Cl. The highest BCUT2D eigenvalue weighted by molar-refractivity contribution is 6.43. The Morgan fingerprint density at radius 3 is 2.79 bits per heavy atom. The zero-order valence-corrected chi connectivity index (χ0v) is 19.4. The lowest BCUT2D eigenvalue weighted by atomic mass is 10.1. The third-order valence-corrected chi connectivity index (χ3v) is 6.59. The lowest BCUT2D eigenvalue weighted by Crippen LogP contribution is -2.33. The van der Waals surface area contributed by atoms with Crippen molar-refractivity contribution in [1.82, 2.24) is 15.5 Å². The molecule has 4 rings (SSSR count). The molecule has 3 atom stereocenters. The molecule has 3 heterocycles. The van der Waals surface area contributed by atoms with Crippen LogP contribution >= 0.6 is 11.6 Å². The Balaban J connectivity index is 1.52. The molecule has 3 N–H and O–H groups in total. The van der Waals surface area contributed by atoms with Crippen LogP contribution in [0.4, 0.5) is 8.78 Å². The van der Waals surface area contributed by atoms with E-state index in [4.69, 9.17) is 21.7 Å². The van der Waals surface area contributed by atoms with Gasteiger partial charge in [-0.1, -0.05) is 11.6 Å². The van der Waals surface area contributed by atoms with E-state index in [9.17, 15) is 13.6 Å². The molecular weight excluding hydrogens is 452 g/mol. The Kier molecular flexibility index (Phi) is 6.54. The molecule has 3 unspecified atom stereocenters. The van der Waals surface area contributed by atoms with Gasteiger partial charge in [0, 0.05) is 29.4 Å². The van der Waals surface area contributed by atoms with Gasteiger partial charge in [-0.2, -0.15) is 0 Å². The van der Waals surface area contributed by atoms with E-state index in [1.54, 1.807) is 13.8 Å². The molecule has 1 aromatic rings. The Bertz CT molecular complexity index is 1090. The summed E-state index contributed by atoms with van der Waals surface area (Å²) in [5.74, 6) is -0.333. The number of nitrogens with one attached hydrogen (secondary N) is 3. The van der Waals surface area contributed by atoms with Gasteiger partial charge in [0.25, 0.3) is 5.91 Å². The maximum atomic E-state index is 13.9. The summed E-state index contributed by atoms with van der Waals surface area (Å²) in [4.78, 5) is 19.2. The van der Waals surface area contributed by atoms with Crippen LogP contribution in [0, 0.1) is 11.2 Å². The molecule has 10 heteroatoms. The number of likely N-dealkylation sites (tertiary alicyclic amines) is 1. The minimum absolute atomic E-state index is 0.0897. The minimum atomic E-state index is -0.970. The molecule has 0 saturated carbocycles. The standard InChI is InChI=1S/C23H26ClF2N5O2/c1-11-18(26)7-15(28-11)10-33-20-6-14(25)4-5-16(20)23(32)31-8-17(19(27)9-31)22-29-12(2)21(24)13(3)30-22/h4-6,11,15,18,27-29H,7-10H2,1-3H3/b22-17+,27-19?. The van der Waals surface area contributed by atoms with Gasteiger partial charge >= 0.3 is 0 Å². The Hall–Kier alpha value is -2.78. The fourth-order valence-electron chi connectivity index (χ4n) is 4.17. The molecule has 33 heavy (non-hydrogen) atoms. The lowest BCUT2D eigenvalue weighted by molar-refractivity contribution is 0.0798. The molecule has 2 saturated heterocycles. The monoisotopic (exact) mass is 477 g/mol. The first-order valence-corrected chi connectivity index (χ1v) is 11.1. The first-order chi connectivity index (χ1) is 15.6. The number of amides is 1. The van der Waals surface area contributed by atoms with Crippen LogP contribution in [0.2, 0.25) is 0 Å². The number of alkyl halides is 1. The zero-order chi connectivity index (χ0) is 23.9. The van der Waals surface area contributed by atoms with E-state index in [0.717, 1.165) is 11.8 Å². The molecule has 7 nitrogen and oxygen atoms in total. The molecule has 0 aromatic heterocycles. The van der Waals surface area contributed by atoms with Crippen LogP contribution in [0.15, 0.2) is 45.3 Å². The van der Waals surface area contributed by atoms with E-state index < -0.39 is 12.0 Å². The van der Waals surface area contributed by atoms with E-state index >= 15 is 0 Å². The summed E-state index contributed by atoms with van der Waals surface area (Å²) in [7, 11) is 0. The van der Waals surface area contributed by atoms with Gasteiger partial charge in [0.1, 0.15) is 30.2 Å². The predicted octanol–water partition coefficient (Wildman–Crippen LogP) is 3.51. The minimum Gasteiger partial charge on any atom is -0.491 e. The molecule has 3 aliphatic rings. The highest BCUT2D eigenvalue weighted by atomic mass is 35.5. The van der Waals surface area contributed by atoms with Crippen molar-refractivity contribution in [3.05, 3.63) is 51.7 Å². The number of hydrogen-bond donors (Lipinski definition) is 3. The number of carbonyl (C=O) groups is 1. The van der Waals surface area contributed by atoms with E-state index in [-0.39, 0.29) is 54.7 Å². The zero-order valence-electron chi connectivity index (χ0n) is 18.6. The number of rotatable bonds is 4. The first-order valence-electron chi connectivity index (χ1n) is 10.8. The van der Waals surface area contributed by atoms with Crippen molar-refractivity contribution in [2.24, 2.45) is 4.99 Å². The predicted molar refractivity (Wildman–Crippen MR) is 123 cm³/mol. The van der Waals surface area contributed by atoms with Crippen molar-refractivity contribution in [1.29, 1.82) is 5.41 Å². The average molecular weight is 478 g/mol. The number of benzene rings is 1. The number of halogens is 3. The summed E-state index contributed by atoms with van der Waals surface area (Å²) in [6, 6.07) is 3.23. The molecular formula is C23H26ClF2N5O2. The molecule has 3 aliphatic heterocycles. The molecule has 0 bridgehead atoms. The van der Waals surface area contributed by atoms with Crippen molar-refractivity contribution >= 4 is 28.9 Å². The Labute approximate surface area is 196 Å².